The molecule has 0 saturated heterocycles. The van der Waals surface area contributed by atoms with Gasteiger partial charge in [0.1, 0.15) is 11.5 Å². The van der Waals surface area contributed by atoms with Crippen LogP contribution in [0.2, 0.25) is 0 Å². The molecule has 0 radical (unpaired) electrons. The number of rotatable bonds is 6. The van der Waals surface area contributed by atoms with Gasteiger partial charge in [-0.05, 0) is 37.8 Å². The van der Waals surface area contributed by atoms with E-state index in [9.17, 15) is 13.6 Å². The fourth-order valence-electron chi connectivity index (χ4n) is 4.46. The van der Waals surface area contributed by atoms with Crippen molar-refractivity contribution in [2.45, 2.75) is 59.0 Å². The molecule has 8 nitrogen and oxygen atoms in total. The van der Waals surface area contributed by atoms with Crippen molar-refractivity contribution in [1.82, 2.24) is 34.4 Å². The Bertz CT molecular complexity index is 1390. The van der Waals surface area contributed by atoms with Gasteiger partial charge in [0.25, 0.3) is 5.91 Å². The van der Waals surface area contributed by atoms with Crippen molar-refractivity contribution in [2.24, 2.45) is 5.92 Å². The van der Waals surface area contributed by atoms with Crippen molar-refractivity contribution in [3.8, 4) is 11.4 Å². The molecular formula is C25H27F2N7O. The first kappa shape index (κ1) is 23.1. The van der Waals surface area contributed by atoms with Gasteiger partial charge in [0.15, 0.2) is 5.82 Å². The molecule has 1 N–H and O–H groups in total. The lowest BCUT2D eigenvalue weighted by atomic mass is 9.92. The minimum atomic E-state index is -2.72. The van der Waals surface area contributed by atoms with Gasteiger partial charge in [-0.3, -0.25) is 9.20 Å². The predicted molar refractivity (Wildman–Crippen MR) is 126 cm³/mol. The minimum Gasteiger partial charge on any atom is -0.347 e. The zero-order chi connectivity index (χ0) is 24.7. The zero-order valence-corrected chi connectivity index (χ0v) is 19.9. The number of halogens is 2. The molecule has 3 aromatic heterocycles. The van der Waals surface area contributed by atoms with Crippen LogP contribution in [0.15, 0.2) is 36.7 Å². The van der Waals surface area contributed by atoms with E-state index in [1.807, 2.05) is 44.3 Å². The third-order valence-electron chi connectivity index (χ3n) is 6.48. The van der Waals surface area contributed by atoms with Crippen molar-refractivity contribution in [1.29, 1.82) is 0 Å². The summed E-state index contributed by atoms with van der Waals surface area (Å²) >= 11 is 0. The molecule has 182 valence electrons. The summed E-state index contributed by atoms with van der Waals surface area (Å²) in [6.07, 6.45) is 4.82. The summed E-state index contributed by atoms with van der Waals surface area (Å²) in [7, 11) is 0. The van der Waals surface area contributed by atoms with Gasteiger partial charge in [0.2, 0.25) is 11.7 Å². The van der Waals surface area contributed by atoms with Gasteiger partial charge in [-0.15, -0.1) is 0 Å². The number of benzene rings is 1. The molecule has 35 heavy (non-hydrogen) atoms. The van der Waals surface area contributed by atoms with Crippen LogP contribution in [0, 0.1) is 12.8 Å². The third-order valence-corrected chi connectivity index (χ3v) is 6.48. The Morgan fingerprint density at radius 2 is 2.00 bits per heavy atom. The predicted octanol–water partition coefficient (Wildman–Crippen LogP) is 4.01. The number of carbonyl (C=O) groups is 1. The highest BCUT2D eigenvalue weighted by molar-refractivity contribution is 5.94. The maximum Gasteiger partial charge on any atom is 0.270 e. The molecule has 0 fully saturated rings. The van der Waals surface area contributed by atoms with E-state index in [4.69, 9.17) is 0 Å². The number of nitrogens with one attached hydrogen (secondary N) is 1. The first-order valence-electron chi connectivity index (χ1n) is 11.8. The summed E-state index contributed by atoms with van der Waals surface area (Å²) in [6, 6.07) is 7.57. The SMILES string of the molecule is CCc1nc2ncc(C)cn2c1C(=O)NCc1ccc(-c2nc3n(n2)CC[C@@H](C(C)(F)F)C3)cc1. The second-order valence-electron chi connectivity index (χ2n) is 9.16. The van der Waals surface area contributed by atoms with E-state index in [-0.39, 0.29) is 12.3 Å². The van der Waals surface area contributed by atoms with Crippen LogP contribution in [0.4, 0.5) is 8.78 Å². The number of alkyl halides is 2. The van der Waals surface area contributed by atoms with Crippen LogP contribution in [0.25, 0.3) is 17.2 Å². The van der Waals surface area contributed by atoms with Gasteiger partial charge in [-0.2, -0.15) is 5.10 Å². The van der Waals surface area contributed by atoms with E-state index in [2.05, 4.69) is 25.4 Å². The number of aromatic nitrogens is 6. The number of nitrogens with zero attached hydrogens (tertiary/aromatic N) is 6. The first-order chi connectivity index (χ1) is 16.7. The van der Waals surface area contributed by atoms with E-state index >= 15 is 0 Å². The number of aryl methyl sites for hydroxylation is 3. The lowest BCUT2D eigenvalue weighted by Crippen LogP contribution is -2.32. The van der Waals surface area contributed by atoms with Gasteiger partial charge >= 0.3 is 0 Å². The van der Waals surface area contributed by atoms with Gasteiger partial charge in [0, 0.05) is 43.4 Å². The molecular weight excluding hydrogens is 452 g/mol. The lowest BCUT2D eigenvalue weighted by Gasteiger charge is -2.26. The van der Waals surface area contributed by atoms with Crippen LogP contribution >= 0.6 is 0 Å². The second-order valence-corrected chi connectivity index (χ2v) is 9.16. The van der Waals surface area contributed by atoms with Crippen LogP contribution in [-0.4, -0.2) is 41.0 Å². The molecule has 4 aromatic rings. The monoisotopic (exact) mass is 479 g/mol. The Hall–Kier alpha value is -3.69. The molecule has 0 aliphatic carbocycles. The number of fused-ring (bicyclic) bond motifs is 2. The Morgan fingerprint density at radius 1 is 1.23 bits per heavy atom. The molecule has 10 heteroatoms. The highest BCUT2D eigenvalue weighted by atomic mass is 19.3. The minimum absolute atomic E-state index is 0.212. The Kier molecular flexibility index (Phi) is 5.82. The normalized spacial score (nSPS) is 15.9. The fourth-order valence-corrected chi connectivity index (χ4v) is 4.46. The number of imidazole rings is 1. The summed E-state index contributed by atoms with van der Waals surface area (Å²) in [6.45, 7) is 5.64. The van der Waals surface area contributed by atoms with Crippen molar-refractivity contribution in [3.63, 3.8) is 0 Å². The number of carbonyl (C=O) groups excluding carboxylic acids is 1. The summed E-state index contributed by atoms with van der Waals surface area (Å²) in [5, 5.41) is 7.48. The summed E-state index contributed by atoms with van der Waals surface area (Å²) in [5.41, 5.74) is 3.86. The van der Waals surface area contributed by atoms with Crippen LogP contribution < -0.4 is 5.32 Å². The van der Waals surface area contributed by atoms with Gasteiger partial charge in [0.05, 0.1) is 5.69 Å². The van der Waals surface area contributed by atoms with Crippen LogP contribution in [0.3, 0.4) is 0 Å². The number of amides is 1. The molecule has 1 aliphatic heterocycles. The Labute approximate surface area is 201 Å². The molecule has 5 rings (SSSR count). The fraction of sp³-hybridized carbons (Fsp3) is 0.400. The van der Waals surface area contributed by atoms with Crippen molar-refractivity contribution in [3.05, 3.63) is 65.0 Å². The van der Waals surface area contributed by atoms with Gasteiger partial charge < -0.3 is 5.32 Å². The molecule has 0 saturated carbocycles. The number of hydrogen-bond donors (Lipinski definition) is 1. The number of hydrogen-bond acceptors (Lipinski definition) is 5. The van der Waals surface area contributed by atoms with E-state index < -0.39 is 11.8 Å². The summed E-state index contributed by atoms with van der Waals surface area (Å²) < 4.78 is 30.9. The molecule has 1 atom stereocenters. The first-order valence-corrected chi connectivity index (χ1v) is 11.8. The van der Waals surface area contributed by atoms with E-state index in [1.54, 1.807) is 15.3 Å². The van der Waals surface area contributed by atoms with E-state index in [1.165, 1.54) is 0 Å². The molecule has 1 aliphatic rings. The van der Waals surface area contributed by atoms with Crippen molar-refractivity contribution < 1.29 is 13.6 Å². The van der Waals surface area contributed by atoms with Gasteiger partial charge in [-0.25, -0.2) is 28.4 Å². The largest absolute Gasteiger partial charge is 0.347 e. The molecule has 0 unspecified atom stereocenters. The molecule has 0 bridgehead atoms. The average molecular weight is 480 g/mol. The second kappa shape index (κ2) is 8.83. The van der Waals surface area contributed by atoms with Crippen molar-refractivity contribution >= 4 is 11.7 Å². The highest BCUT2D eigenvalue weighted by Gasteiger charge is 2.37. The van der Waals surface area contributed by atoms with Crippen LogP contribution in [-0.2, 0) is 25.9 Å². The molecule has 1 amide bonds. The lowest BCUT2D eigenvalue weighted by molar-refractivity contribution is -0.0495. The zero-order valence-electron chi connectivity index (χ0n) is 19.9. The quantitative estimate of drug-likeness (QED) is 0.451. The van der Waals surface area contributed by atoms with Crippen molar-refractivity contribution in [2.75, 3.05) is 0 Å². The van der Waals surface area contributed by atoms with E-state index in [0.29, 0.717) is 54.7 Å². The standard InChI is InChI=1S/C25H27F2N7O/c1-4-19-21(33-14-15(2)12-29-24(33)30-19)23(35)28-13-16-5-7-17(8-6-16)22-31-20-11-18(25(3,26)27)9-10-34(20)32-22/h5-8,12,14,18H,4,9-11,13H2,1-3H3,(H,28,35)/t18-/m1/s1. The Morgan fingerprint density at radius 3 is 2.71 bits per heavy atom. The van der Waals surface area contributed by atoms with E-state index in [0.717, 1.165) is 23.6 Å². The van der Waals surface area contributed by atoms with Crippen LogP contribution in [0.5, 0.6) is 0 Å². The maximum absolute atomic E-state index is 13.7. The third kappa shape index (κ3) is 4.52. The smallest absolute Gasteiger partial charge is 0.270 e. The molecule has 1 aromatic carbocycles. The Balaban J connectivity index is 1.28. The summed E-state index contributed by atoms with van der Waals surface area (Å²) in [5.74, 6) is -2.02. The summed E-state index contributed by atoms with van der Waals surface area (Å²) in [4.78, 5) is 26.3. The maximum atomic E-state index is 13.7. The average Bonchev–Trinajstić information content (AvgIpc) is 3.42. The van der Waals surface area contributed by atoms with Gasteiger partial charge in [-0.1, -0.05) is 31.2 Å². The topological polar surface area (TPSA) is 90.0 Å². The van der Waals surface area contributed by atoms with Crippen LogP contribution in [0.1, 0.15) is 53.4 Å². The highest BCUT2D eigenvalue weighted by Crippen LogP contribution is 2.33. The molecule has 0 spiro atoms. The molecule has 4 heterocycles.